The van der Waals surface area contributed by atoms with Crippen LogP contribution in [-0.4, -0.2) is 18.1 Å². The molecule has 0 bridgehead atoms. The molecule has 0 aromatic carbocycles. The van der Waals surface area contributed by atoms with E-state index in [1.165, 1.54) is 6.42 Å². The van der Waals surface area contributed by atoms with Gasteiger partial charge in [-0.25, -0.2) is 0 Å². The molecule has 0 rings (SSSR count). The van der Waals surface area contributed by atoms with Crippen LogP contribution in [0.3, 0.4) is 0 Å². The minimum absolute atomic E-state index is 0.739. The van der Waals surface area contributed by atoms with E-state index in [1.807, 2.05) is 0 Å². The van der Waals surface area contributed by atoms with Crippen molar-refractivity contribution in [3.63, 3.8) is 0 Å². The first kappa shape index (κ1) is 9.82. The van der Waals surface area contributed by atoms with E-state index in [-0.39, 0.29) is 0 Å². The number of amidine groups is 1. The van der Waals surface area contributed by atoms with Crippen molar-refractivity contribution in [2.45, 2.75) is 26.2 Å². The van der Waals surface area contributed by atoms with E-state index < -0.39 is 0 Å². The summed E-state index contributed by atoms with van der Waals surface area (Å²) in [4.78, 5) is 4.15. The standard InChI is InChI=1S/C7H16N2S/c1-2-3-5-9-7(8)4-6-10/h10H,2-6H2,1H3,(H2,8,9). The number of hydrogen-bond acceptors (Lipinski definition) is 2. The Balaban J connectivity index is 3.28. The van der Waals surface area contributed by atoms with Crippen LogP contribution in [0.1, 0.15) is 26.2 Å². The highest BCUT2D eigenvalue weighted by molar-refractivity contribution is 7.80. The maximum atomic E-state index is 5.53. The molecule has 0 aliphatic heterocycles. The summed E-state index contributed by atoms with van der Waals surface area (Å²) in [6.07, 6.45) is 3.12. The van der Waals surface area contributed by atoms with Crippen molar-refractivity contribution in [1.82, 2.24) is 0 Å². The lowest BCUT2D eigenvalue weighted by Crippen LogP contribution is -2.12. The molecule has 0 fully saturated rings. The van der Waals surface area contributed by atoms with Gasteiger partial charge in [0.1, 0.15) is 0 Å². The van der Waals surface area contributed by atoms with Crippen molar-refractivity contribution in [3.8, 4) is 0 Å². The van der Waals surface area contributed by atoms with Gasteiger partial charge in [-0.15, -0.1) is 0 Å². The van der Waals surface area contributed by atoms with Gasteiger partial charge in [-0.05, 0) is 12.2 Å². The Kier molecular flexibility index (Phi) is 6.81. The zero-order chi connectivity index (χ0) is 7.82. The Hall–Kier alpha value is -0.180. The molecule has 0 spiro atoms. The third kappa shape index (κ3) is 5.95. The Bertz CT molecular complexity index is 102. The third-order valence-electron chi connectivity index (χ3n) is 1.19. The molecule has 0 aliphatic rings. The SMILES string of the molecule is CCCCN=C(N)CCS. The molecule has 60 valence electrons. The van der Waals surface area contributed by atoms with E-state index >= 15 is 0 Å². The third-order valence-corrected chi connectivity index (χ3v) is 1.42. The Morgan fingerprint density at radius 2 is 2.30 bits per heavy atom. The normalized spacial score (nSPS) is 12.0. The van der Waals surface area contributed by atoms with Crippen molar-refractivity contribution in [1.29, 1.82) is 0 Å². The van der Waals surface area contributed by atoms with Gasteiger partial charge in [-0.1, -0.05) is 13.3 Å². The fraction of sp³-hybridized carbons (Fsp3) is 0.857. The molecule has 0 saturated carbocycles. The van der Waals surface area contributed by atoms with Crippen LogP contribution >= 0.6 is 12.6 Å². The summed E-state index contributed by atoms with van der Waals surface area (Å²) in [5.74, 6) is 1.53. The second kappa shape index (κ2) is 6.93. The van der Waals surface area contributed by atoms with Gasteiger partial charge < -0.3 is 5.73 Å². The summed E-state index contributed by atoms with van der Waals surface area (Å²) >= 11 is 4.04. The van der Waals surface area contributed by atoms with Crippen LogP contribution in [0.2, 0.25) is 0 Å². The molecule has 0 saturated heterocycles. The summed E-state index contributed by atoms with van der Waals surface area (Å²) in [5.41, 5.74) is 5.53. The van der Waals surface area contributed by atoms with Gasteiger partial charge in [0.2, 0.25) is 0 Å². The van der Waals surface area contributed by atoms with E-state index in [0.717, 1.165) is 31.0 Å². The van der Waals surface area contributed by atoms with E-state index in [0.29, 0.717) is 0 Å². The van der Waals surface area contributed by atoms with Crippen molar-refractivity contribution < 1.29 is 0 Å². The van der Waals surface area contributed by atoms with Crippen LogP contribution in [0.15, 0.2) is 4.99 Å². The number of hydrogen-bond donors (Lipinski definition) is 2. The van der Waals surface area contributed by atoms with E-state index in [2.05, 4.69) is 24.5 Å². The lowest BCUT2D eigenvalue weighted by Gasteiger charge is -1.95. The zero-order valence-corrected chi connectivity index (χ0v) is 7.40. The predicted molar refractivity (Wildman–Crippen MR) is 49.9 cm³/mol. The molecule has 2 N–H and O–H groups in total. The summed E-state index contributed by atoms with van der Waals surface area (Å²) in [6.45, 7) is 3.01. The maximum absolute atomic E-state index is 5.53. The fourth-order valence-corrected chi connectivity index (χ4v) is 0.803. The van der Waals surface area contributed by atoms with Crippen LogP contribution in [0.5, 0.6) is 0 Å². The quantitative estimate of drug-likeness (QED) is 0.272. The Morgan fingerprint density at radius 3 is 2.80 bits per heavy atom. The average molecular weight is 160 g/mol. The Labute approximate surface area is 68.3 Å². The number of nitrogens with zero attached hydrogens (tertiary/aromatic N) is 1. The van der Waals surface area contributed by atoms with Gasteiger partial charge in [0.25, 0.3) is 0 Å². The molecule has 0 radical (unpaired) electrons. The van der Waals surface area contributed by atoms with Crippen LogP contribution < -0.4 is 5.73 Å². The van der Waals surface area contributed by atoms with Gasteiger partial charge in [-0.2, -0.15) is 12.6 Å². The topological polar surface area (TPSA) is 38.4 Å². The van der Waals surface area contributed by atoms with Crippen molar-refractivity contribution >= 4 is 18.5 Å². The number of rotatable bonds is 5. The molecule has 0 aliphatic carbocycles. The molecule has 0 aromatic rings. The summed E-state index contributed by atoms with van der Waals surface area (Å²) in [5, 5.41) is 0. The highest BCUT2D eigenvalue weighted by atomic mass is 32.1. The predicted octanol–water partition coefficient (Wildman–Crippen LogP) is 1.46. The molecule has 0 unspecified atom stereocenters. The number of unbranched alkanes of at least 4 members (excludes halogenated alkanes) is 1. The van der Waals surface area contributed by atoms with Gasteiger partial charge >= 0.3 is 0 Å². The molecule has 10 heavy (non-hydrogen) atoms. The largest absolute Gasteiger partial charge is 0.387 e. The minimum atomic E-state index is 0.739. The molecule has 0 aromatic heterocycles. The highest BCUT2D eigenvalue weighted by Crippen LogP contribution is 1.89. The molecular weight excluding hydrogens is 144 g/mol. The molecule has 0 atom stereocenters. The first-order valence-electron chi connectivity index (χ1n) is 3.71. The average Bonchev–Trinajstić information content (AvgIpc) is 1.89. The lowest BCUT2D eigenvalue weighted by molar-refractivity contribution is 0.805. The van der Waals surface area contributed by atoms with Crippen LogP contribution in [-0.2, 0) is 0 Å². The Morgan fingerprint density at radius 1 is 1.60 bits per heavy atom. The van der Waals surface area contributed by atoms with Crippen molar-refractivity contribution in [2.24, 2.45) is 10.7 Å². The van der Waals surface area contributed by atoms with Gasteiger partial charge in [-0.3, -0.25) is 4.99 Å². The van der Waals surface area contributed by atoms with Gasteiger partial charge in [0, 0.05) is 13.0 Å². The fourth-order valence-electron chi connectivity index (χ4n) is 0.574. The van der Waals surface area contributed by atoms with Crippen molar-refractivity contribution in [2.75, 3.05) is 12.3 Å². The van der Waals surface area contributed by atoms with Crippen molar-refractivity contribution in [3.05, 3.63) is 0 Å². The number of thiol groups is 1. The number of nitrogens with two attached hydrogens (primary N) is 1. The molecule has 0 heterocycles. The first-order valence-corrected chi connectivity index (χ1v) is 4.34. The molecule has 2 nitrogen and oxygen atoms in total. The molecular formula is C7H16N2S. The lowest BCUT2D eigenvalue weighted by atomic mass is 10.3. The smallest absolute Gasteiger partial charge is 0.0945 e. The maximum Gasteiger partial charge on any atom is 0.0945 e. The van der Waals surface area contributed by atoms with Gasteiger partial charge in [0.15, 0.2) is 0 Å². The van der Waals surface area contributed by atoms with Crippen LogP contribution in [0.4, 0.5) is 0 Å². The molecule has 0 amide bonds. The second-order valence-corrected chi connectivity index (χ2v) is 2.65. The summed E-state index contributed by atoms with van der Waals surface area (Å²) in [7, 11) is 0. The van der Waals surface area contributed by atoms with E-state index in [4.69, 9.17) is 5.73 Å². The molecule has 3 heteroatoms. The van der Waals surface area contributed by atoms with E-state index in [1.54, 1.807) is 0 Å². The van der Waals surface area contributed by atoms with Gasteiger partial charge in [0.05, 0.1) is 5.84 Å². The summed E-state index contributed by atoms with van der Waals surface area (Å²) in [6, 6.07) is 0. The zero-order valence-electron chi connectivity index (χ0n) is 6.51. The first-order chi connectivity index (χ1) is 4.81. The van der Waals surface area contributed by atoms with Crippen LogP contribution in [0, 0.1) is 0 Å². The van der Waals surface area contributed by atoms with E-state index in [9.17, 15) is 0 Å². The highest BCUT2D eigenvalue weighted by Gasteiger charge is 1.87. The monoisotopic (exact) mass is 160 g/mol. The minimum Gasteiger partial charge on any atom is -0.387 e. The van der Waals surface area contributed by atoms with Crippen LogP contribution in [0.25, 0.3) is 0 Å². The number of aliphatic imine (C=N–C) groups is 1. The summed E-state index contributed by atoms with van der Waals surface area (Å²) < 4.78 is 0. The second-order valence-electron chi connectivity index (χ2n) is 2.20.